The van der Waals surface area contributed by atoms with Crippen LogP contribution in [-0.2, 0) is 10.0 Å². The van der Waals surface area contributed by atoms with Crippen LogP contribution in [0.2, 0.25) is 5.02 Å². The second kappa shape index (κ2) is 9.77. The number of sulfonamides is 1. The minimum Gasteiger partial charge on any atom is -0.496 e. The summed E-state index contributed by atoms with van der Waals surface area (Å²) in [6.07, 6.45) is 0. The lowest BCUT2D eigenvalue weighted by Gasteiger charge is -2.14. The highest BCUT2D eigenvalue weighted by Crippen LogP contribution is 2.22. The minimum atomic E-state index is -3.82. The molecule has 1 amide bonds. The number of nitrogens with one attached hydrogen (secondary N) is 2. The van der Waals surface area contributed by atoms with E-state index in [9.17, 15) is 13.2 Å². The fourth-order valence-electron chi connectivity index (χ4n) is 2.33. The fourth-order valence-corrected chi connectivity index (χ4v) is 3.50. The van der Waals surface area contributed by atoms with Gasteiger partial charge in [-0.25, -0.2) is 13.1 Å². The van der Waals surface area contributed by atoms with Gasteiger partial charge in [0.1, 0.15) is 18.1 Å². The van der Waals surface area contributed by atoms with Crippen LogP contribution in [0.5, 0.6) is 11.5 Å². The predicted molar refractivity (Wildman–Crippen MR) is 108 cm³/mol. The molecule has 9 heteroatoms. The van der Waals surface area contributed by atoms with Crippen molar-refractivity contribution >= 4 is 27.5 Å². The van der Waals surface area contributed by atoms with E-state index in [-0.39, 0.29) is 29.7 Å². The summed E-state index contributed by atoms with van der Waals surface area (Å²) in [4.78, 5) is 12.3. The molecule has 0 saturated heterocycles. The number of carbonyl (C=O) groups is 1. The zero-order chi connectivity index (χ0) is 20.7. The Balaban J connectivity index is 2.05. The summed E-state index contributed by atoms with van der Waals surface area (Å²) in [5, 5.41) is 3.31. The van der Waals surface area contributed by atoms with E-state index in [1.54, 1.807) is 24.3 Å². The summed E-state index contributed by atoms with van der Waals surface area (Å²) < 4.78 is 38.1. The average Bonchev–Trinajstić information content (AvgIpc) is 2.65. The predicted octanol–water partition coefficient (Wildman–Crippen LogP) is 2.84. The molecule has 0 aliphatic carbocycles. The number of amides is 1. The first-order valence-corrected chi connectivity index (χ1v) is 10.5. The molecule has 0 heterocycles. The van der Waals surface area contributed by atoms with E-state index in [0.717, 1.165) is 0 Å². The van der Waals surface area contributed by atoms with Crippen molar-refractivity contribution in [3.8, 4) is 11.5 Å². The van der Waals surface area contributed by atoms with Crippen molar-refractivity contribution < 1.29 is 22.7 Å². The molecule has 2 aromatic carbocycles. The molecule has 0 atom stereocenters. The first-order valence-electron chi connectivity index (χ1n) is 8.60. The standard InChI is InChI=1S/C19H23ClN2O5S/c1-13(2)22-19(23)17-12-16(8-9-18(17)26-3)28(24,25)21-10-11-27-15-6-4-14(20)5-7-15/h4-9,12-13,21H,10-11H2,1-3H3,(H,22,23). The summed E-state index contributed by atoms with van der Waals surface area (Å²) in [7, 11) is -2.40. The first kappa shape index (κ1) is 22.0. The Morgan fingerprint density at radius 2 is 1.82 bits per heavy atom. The number of methoxy groups -OCH3 is 1. The first-order chi connectivity index (χ1) is 13.2. The Morgan fingerprint density at radius 1 is 1.14 bits per heavy atom. The van der Waals surface area contributed by atoms with Gasteiger partial charge in [-0.05, 0) is 56.3 Å². The maximum atomic E-state index is 12.5. The molecule has 0 saturated carbocycles. The van der Waals surface area contributed by atoms with E-state index in [0.29, 0.717) is 16.5 Å². The van der Waals surface area contributed by atoms with Gasteiger partial charge in [0.15, 0.2) is 0 Å². The molecule has 0 radical (unpaired) electrons. The number of hydrogen-bond donors (Lipinski definition) is 2. The fraction of sp³-hybridized carbons (Fsp3) is 0.316. The third-order valence-electron chi connectivity index (χ3n) is 3.62. The Kier molecular flexibility index (Phi) is 7.68. The lowest BCUT2D eigenvalue weighted by molar-refractivity contribution is 0.0940. The zero-order valence-corrected chi connectivity index (χ0v) is 17.4. The van der Waals surface area contributed by atoms with Crippen molar-refractivity contribution in [1.82, 2.24) is 10.0 Å². The molecular weight excluding hydrogens is 404 g/mol. The lowest BCUT2D eigenvalue weighted by atomic mass is 10.2. The highest BCUT2D eigenvalue weighted by atomic mass is 35.5. The molecule has 0 aliphatic rings. The molecule has 0 fully saturated rings. The van der Waals surface area contributed by atoms with Crippen LogP contribution in [0.1, 0.15) is 24.2 Å². The van der Waals surface area contributed by atoms with Gasteiger partial charge in [-0.2, -0.15) is 0 Å². The van der Waals surface area contributed by atoms with Gasteiger partial charge >= 0.3 is 0 Å². The number of benzene rings is 2. The van der Waals surface area contributed by atoms with Crippen molar-refractivity contribution in [3.63, 3.8) is 0 Å². The third kappa shape index (κ3) is 6.12. The SMILES string of the molecule is COc1ccc(S(=O)(=O)NCCOc2ccc(Cl)cc2)cc1C(=O)NC(C)C. The number of ether oxygens (including phenoxy) is 2. The van der Waals surface area contributed by atoms with Gasteiger partial charge in [0.25, 0.3) is 5.91 Å². The van der Waals surface area contributed by atoms with E-state index in [2.05, 4.69) is 10.0 Å². The molecule has 2 N–H and O–H groups in total. The molecule has 0 bridgehead atoms. The number of carbonyl (C=O) groups excluding carboxylic acids is 1. The van der Waals surface area contributed by atoms with Crippen LogP contribution in [0, 0.1) is 0 Å². The van der Waals surface area contributed by atoms with Crippen LogP contribution in [0.4, 0.5) is 0 Å². The Bertz CT molecular complexity index is 914. The minimum absolute atomic E-state index is 0.0336. The van der Waals surface area contributed by atoms with Crippen LogP contribution < -0.4 is 19.5 Å². The Hall–Kier alpha value is -2.29. The van der Waals surface area contributed by atoms with Crippen LogP contribution >= 0.6 is 11.6 Å². The molecule has 0 aliphatic heterocycles. The zero-order valence-electron chi connectivity index (χ0n) is 15.9. The maximum Gasteiger partial charge on any atom is 0.255 e. The Morgan fingerprint density at radius 3 is 2.43 bits per heavy atom. The van der Waals surface area contributed by atoms with Crippen molar-refractivity contribution in [3.05, 3.63) is 53.1 Å². The van der Waals surface area contributed by atoms with Crippen molar-refractivity contribution in [2.24, 2.45) is 0 Å². The number of rotatable bonds is 9. The normalized spacial score (nSPS) is 11.3. The van der Waals surface area contributed by atoms with Gasteiger partial charge in [-0.1, -0.05) is 11.6 Å². The van der Waals surface area contributed by atoms with E-state index < -0.39 is 15.9 Å². The molecule has 0 aromatic heterocycles. The largest absolute Gasteiger partial charge is 0.496 e. The van der Waals surface area contributed by atoms with Crippen molar-refractivity contribution in [2.75, 3.05) is 20.3 Å². The van der Waals surface area contributed by atoms with E-state index in [1.807, 2.05) is 13.8 Å². The van der Waals surface area contributed by atoms with Crippen LogP contribution in [0.15, 0.2) is 47.4 Å². The van der Waals surface area contributed by atoms with Gasteiger partial charge in [0, 0.05) is 17.6 Å². The highest BCUT2D eigenvalue weighted by Gasteiger charge is 2.20. The lowest BCUT2D eigenvalue weighted by Crippen LogP contribution is -2.31. The van der Waals surface area contributed by atoms with Crippen LogP contribution in [-0.4, -0.2) is 40.6 Å². The number of hydrogen-bond acceptors (Lipinski definition) is 5. The molecule has 0 unspecified atom stereocenters. The van der Waals surface area contributed by atoms with Gasteiger partial charge in [-0.15, -0.1) is 0 Å². The van der Waals surface area contributed by atoms with Gasteiger partial charge in [0.05, 0.1) is 17.6 Å². The molecule has 2 aromatic rings. The van der Waals surface area contributed by atoms with Gasteiger partial charge in [-0.3, -0.25) is 4.79 Å². The van der Waals surface area contributed by atoms with Crippen molar-refractivity contribution in [2.45, 2.75) is 24.8 Å². The van der Waals surface area contributed by atoms with E-state index in [4.69, 9.17) is 21.1 Å². The van der Waals surface area contributed by atoms with E-state index >= 15 is 0 Å². The van der Waals surface area contributed by atoms with Gasteiger partial charge < -0.3 is 14.8 Å². The van der Waals surface area contributed by atoms with Crippen molar-refractivity contribution in [1.29, 1.82) is 0 Å². The van der Waals surface area contributed by atoms with E-state index in [1.165, 1.54) is 25.3 Å². The second-order valence-electron chi connectivity index (χ2n) is 6.19. The van der Waals surface area contributed by atoms with Gasteiger partial charge in [0.2, 0.25) is 10.0 Å². The molecule has 152 valence electrons. The summed E-state index contributed by atoms with van der Waals surface area (Å²) in [6, 6.07) is 10.8. The van der Waals surface area contributed by atoms with Crippen LogP contribution in [0.25, 0.3) is 0 Å². The molecular formula is C19H23ClN2O5S. The second-order valence-corrected chi connectivity index (χ2v) is 8.39. The topological polar surface area (TPSA) is 93.7 Å². The average molecular weight is 427 g/mol. The summed E-state index contributed by atoms with van der Waals surface area (Å²) in [5.74, 6) is 0.471. The molecule has 28 heavy (non-hydrogen) atoms. The molecule has 0 spiro atoms. The molecule has 7 nitrogen and oxygen atoms in total. The monoisotopic (exact) mass is 426 g/mol. The quantitative estimate of drug-likeness (QED) is 0.601. The molecule has 2 rings (SSSR count). The summed E-state index contributed by atoms with van der Waals surface area (Å²) in [5.41, 5.74) is 0.150. The number of halogens is 1. The van der Waals surface area contributed by atoms with Crippen LogP contribution in [0.3, 0.4) is 0 Å². The maximum absolute atomic E-state index is 12.5. The highest BCUT2D eigenvalue weighted by molar-refractivity contribution is 7.89. The third-order valence-corrected chi connectivity index (χ3v) is 5.33. The Labute approximate surface area is 170 Å². The smallest absolute Gasteiger partial charge is 0.255 e. The summed E-state index contributed by atoms with van der Waals surface area (Å²) >= 11 is 5.80. The summed E-state index contributed by atoms with van der Waals surface area (Å²) in [6.45, 7) is 3.82.